The number of nitrogens with one attached hydrogen (secondary N) is 1. The molecule has 1 aromatic rings. The molecule has 0 unspecified atom stereocenters. The molecule has 4 nitrogen and oxygen atoms in total. The van der Waals surface area contributed by atoms with E-state index < -0.39 is 0 Å². The average Bonchev–Trinajstić information content (AvgIpc) is 2.77. The van der Waals surface area contributed by atoms with E-state index >= 15 is 0 Å². The predicted octanol–water partition coefficient (Wildman–Crippen LogP) is 5.58. The Morgan fingerprint density at radius 3 is 2.53 bits per heavy atom. The van der Waals surface area contributed by atoms with Crippen LogP contribution in [0.4, 0.5) is 0 Å². The van der Waals surface area contributed by atoms with Crippen LogP contribution in [0.5, 0.6) is 5.75 Å². The molecule has 1 saturated heterocycles. The molecule has 0 bridgehead atoms. The molecule has 1 aliphatic heterocycles. The highest BCUT2D eigenvalue weighted by molar-refractivity contribution is 9.10. The SMILES string of the molecule is CCC(=O)N[C@H]1CC[C@H](CCCN2CCC(Cc3cc(OC)ccc3Br)CC2)CC1. The molecule has 1 saturated carbocycles. The highest BCUT2D eigenvalue weighted by atomic mass is 79.9. The summed E-state index contributed by atoms with van der Waals surface area (Å²) in [6.45, 7) is 5.66. The molecule has 3 rings (SSSR count). The molecule has 2 aliphatic rings. The van der Waals surface area contributed by atoms with Gasteiger partial charge >= 0.3 is 0 Å². The number of amides is 1. The van der Waals surface area contributed by atoms with Crippen LogP contribution >= 0.6 is 15.9 Å². The molecule has 2 fully saturated rings. The van der Waals surface area contributed by atoms with Crippen LogP contribution in [0.25, 0.3) is 0 Å². The zero-order valence-electron chi connectivity index (χ0n) is 18.8. The van der Waals surface area contributed by atoms with Gasteiger partial charge in [0, 0.05) is 16.9 Å². The standard InChI is InChI=1S/C25H39BrN2O2/c1-3-25(29)27-22-8-6-19(7-9-22)5-4-14-28-15-12-20(13-16-28)17-21-18-23(30-2)10-11-24(21)26/h10-11,18-20,22H,3-9,12-17H2,1-2H3,(H,27,29)/t19-,22-. The third kappa shape index (κ3) is 7.26. The number of methoxy groups -OCH3 is 1. The van der Waals surface area contributed by atoms with E-state index in [-0.39, 0.29) is 5.91 Å². The molecular formula is C25H39BrN2O2. The van der Waals surface area contributed by atoms with E-state index in [4.69, 9.17) is 4.74 Å². The Hall–Kier alpha value is -1.07. The number of rotatable bonds is 9. The van der Waals surface area contributed by atoms with E-state index in [1.165, 1.54) is 81.0 Å². The molecule has 1 heterocycles. The Bertz CT molecular complexity index is 665. The first kappa shape index (κ1) is 23.6. The van der Waals surface area contributed by atoms with Gasteiger partial charge in [0.15, 0.2) is 0 Å². The van der Waals surface area contributed by atoms with Gasteiger partial charge in [-0.1, -0.05) is 22.9 Å². The van der Waals surface area contributed by atoms with Crippen molar-refractivity contribution in [1.29, 1.82) is 0 Å². The Balaban J connectivity index is 1.30. The topological polar surface area (TPSA) is 41.6 Å². The van der Waals surface area contributed by atoms with Gasteiger partial charge in [-0.3, -0.25) is 4.79 Å². The van der Waals surface area contributed by atoms with E-state index in [2.05, 4.69) is 38.3 Å². The van der Waals surface area contributed by atoms with Gasteiger partial charge in [-0.2, -0.15) is 0 Å². The van der Waals surface area contributed by atoms with Crippen LogP contribution in [0.15, 0.2) is 22.7 Å². The van der Waals surface area contributed by atoms with Crippen molar-refractivity contribution in [2.75, 3.05) is 26.7 Å². The van der Waals surface area contributed by atoms with Crippen LogP contribution in [0.2, 0.25) is 0 Å². The fourth-order valence-electron chi connectivity index (χ4n) is 5.09. The number of hydrogen-bond donors (Lipinski definition) is 1. The largest absolute Gasteiger partial charge is 0.497 e. The Morgan fingerprint density at radius 1 is 1.13 bits per heavy atom. The second-order valence-corrected chi connectivity index (χ2v) is 10.1. The number of piperidine rings is 1. The highest BCUT2D eigenvalue weighted by Crippen LogP contribution is 2.30. The highest BCUT2D eigenvalue weighted by Gasteiger charge is 2.23. The Labute approximate surface area is 191 Å². The Kier molecular flexibility index (Phi) is 9.51. The monoisotopic (exact) mass is 478 g/mol. The maximum Gasteiger partial charge on any atom is 0.219 e. The van der Waals surface area contributed by atoms with Crippen LogP contribution in [0.3, 0.4) is 0 Å². The lowest BCUT2D eigenvalue weighted by Crippen LogP contribution is -2.37. The first-order valence-corrected chi connectivity index (χ1v) is 12.7. The lowest BCUT2D eigenvalue weighted by Gasteiger charge is -2.33. The van der Waals surface area contributed by atoms with Crippen LogP contribution in [0, 0.1) is 11.8 Å². The number of ether oxygens (including phenoxy) is 1. The third-order valence-corrected chi connectivity index (χ3v) is 7.86. The molecule has 1 N–H and O–H groups in total. The number of carbonyl (C=O) groups is 1. The van der Waals surface area contributed by atoms with Gasteiger partial charge in [0.1, 0.15) is 5.75 Å². The minimum atomic E-state index is 0.209. The fourth-order valence-corrected chi connectivity index (χ4v) is 5.50. The van der Waals surface area contributed by atoms with E-state index in [0.29, 0.717) is 12.5 Å². The quantitative estimate of drug-likeness (QED) is 0.503. The predicted molar refractivity (Wildman–Crippen MR) is 127 cm³/mol. The van der Waals surface area contributed by atoms with Crippen molar-refractivity contribution in [3.63, 3.8) is 0 Å². The molecule has 0 radical (unpaired) electrons. The summed E-state index contributed by atoms with van der Waals surface area (Å²) in [6.07, 6.45) is 11.9. The molecule has 1 aliphatic carbocycles. The molecule has 0 aromatic heterocycles. The molecule has 168 valence electrons. The number of hydrogen-bond acceptors (Lipinski definition) is 3. The summed E-state index contributed by atoms with van der Waals surface area (Å²) < 4.78 is 6.59. The zero-order valence-corrected chi connectivity index (χ0v) is 20.4. The van der Waals surface area contributed by atoms with Gasteiger partial charge in [-0.15, -0.1) is 0 Å². The van der Waals surface area contributed by atoms with Crippen LogP contribution in [0.1, 0.15) is 70.3 Å². The van der Waals surface area contributed by atoms with Gasteiger partial charge < -0.3 is 15.0 Å². The molecule has 0 spiro atoms. The lowest BCUT2D eigenvalue weighted by molar-refractivity contribution is -0.121. The smallest absolute Gasteiger partial charge is 0.219 e. The van der Waals surface area contributed by atoms with E-state index in [1.54, 1.807) is 7.11 Å². The minimum absolute atomic E-state index is 0.209. The summed E-state index contributed by atoms with van der Waals surface area (Å²) in [6, 6.07) is 6.73. The van der Waals surface area contributed by atoms with Crippen molar-refractivity contribution in [1.82, 2.24) is 10.2 Å². The fraction of sp³-hybridized carbons (Fsp3) is 0.720. The van der Waals surface area contributed by atoms with Crippen molar-refractivity contribution in [3.05, 3.63) is 28.2 Å². The van der Waals surface area contributed by atoms with Crippen molar-refractivity contribution >= 4 is 21.8 Å². The number of carbonyl (C=O) groups excluding carboxylic acids is 1. The zero-order chi connectivity index (χ0) is 21.3. The van der Waals surface area contributed by atoms with Crippen LogP contribution in [-0.2, 0) is 11.2 Å². The molecule has 1 amide bonds. The van der Waals surface area contributed by atoms with Gasteiger partial charge in [0.2, 0.25) is 5.91 Å². The molecule has 1 aromatic carbocycles. The first-order valence-electron chi connectivity index (χ1n) is 11.9. The maximum atomic E-state index is 11.6. The van der Waals surface area contributed by atoms with Crippen molar-refractivity contribution in [2.45, 2.75) is 77.2 Å². The molecule has 0 atom stereocenters. The number of halogens is 1. The third-order valence-electron chi connectivity index (χ3n) is 7.09. The molecule has 5 heteroatoms. The normalized spacial score (nSPS) is 23.3. The van der Waals surface area contributed by atoms with Crippen LogP contribution in [-0.4, -0.2) is 43.6 Å². The number of likely N-dealkylation sites (tertiary alicyclic amines) is 1. The lowest BCUT2D eigenvalue weighted by atomic mass is 9.83. The maximum absolute atomic E-state index is 11.6. The van der Waals surface area contributed by atoms with Gasteiger partial charge in [0.25, 0.3) is 0 Å². The Morgan fingerprint density at radius 2 is 1.87 bits per heavy atom. The summed E-state index contributed by atoms with van der Waals surface area (Å²) in [4.78, 5) is 14.2. The summed E-state index contributed by atoms with van der Waals surface area (Å²) in [5.74, 6) is 2.80. The summed E-state index contributed by atoms with van der Waals surface area (Å²) in [5, 5.41) is 3.17. The van der Waals surface area contributed by atoms with E-state index in [0.717, 1.165) is 24.0 Å². The summed E-state index contributed by atoms with van der Waals surface area (Å²) in [5.41, 5.74) is 1.37. The second kappa shape index (κ2) is 12.1. The number of benzene rings is 1. The van der Waals surface area contributed by atoms with Gasteiger partial charge in [-0.25, -0.2) is 0 Å². The van der Waals surface area contributed by atoms with E-state index in [1.807, 2.05) is 13.0 Å². The second-order valence-electron chi connectivity index (χ2n) is 9.23. The minimum Gasteiger partial charge on any atom is -0.497 e. The molecular weight excluding hydrogens is 440 g/mol. The van der Waals surface area contributed by atoms with Crippen molar-refractivity contribution < 1.29 is 9.53 Å². The first-order chi connectivity index (χ1) is 14.6. The van der Waals surface area contributed by atoms with Crippen molar-refractivity contribution in [2.24, 2.45) is 11.8 Å². The van der Waals surface area contributed by atoms with Crippen LogP contribution < -0.4 is 10.1 Å². The van der Waals surface area contributed by atoms with Crippen molar-refractivity contribution in [3.8, 4) is 5.75 Å². The molecule has 30 heavy (non-hydrogen) atoms. The number of nitrogens with zero attached hydrogens (tertiary/aromatic N) is 1. The average molecular weight is 480 g/mol. The van der Waals surface area contributed by atoms with Gasteiger partial charge in [-0.05, 0) is 113 Å². The van der Waals surface area contributed by atoms with E-state index in [9.17, 15) is 4.79 Å². The summed E-state index contributed by atoms with van der Waals surface area (Å²) >= 11 is 3.70. The van der Waals surface area contributed by atoms with Gasteiger partial charge in [0.05, 0.1) is 7.11 Å². The summed E-state index contributed by atoms with van der Waals surface area (Å²) in [7, 11) is 1.74.